The van der Waals surface area contributed by atoms with Crippen LogP contribution in [-0.4, -0.2) is 17.8 Å². The van der Waals surface area contributed by atoms with Gasteiger partial charge in [-0.15, -0.1) is 11.8 Å². The standard InChI is InChI=1S/C13H19F2NS/c1-13(2,3)16-7-4-8-17-12-9-10(14)5-6-11(12)15/h5-6,9,16H,4,7-8H2,1-3H3. The van der Waals surface area contributed by atoms with Gasteiger partial charge >= 0.3 is 0 Å². The van der Waals surface area contributed by atoms with Gasteiger partial charge in [0.05, 0.1) is 0 Å². The lowest BCUT2D eigenvalue weighted by molar-refractivity contribution is 0.427. The Balaban J connectivity index is 2.29. The Morgan fingerprint density at radius 3 is 2.59 bits per heavy atom. The maximum Gasteiger partial charge on any atom is 0.136 e. The molecule has 0 spiro atoms. The van der Waals surface area contributed by atoms with Gasteiger partial charge in [-0.25, -0.2) is 8.78 Å². The van der Waals surface area contributed by atoms with Crippen LogP contribution in [0.3, 0.4) is 0 Å². The summed E-state index contributed by atoms with van der Waals surface area (Å²) in [6.07, 6.45) is 0.928. The average molecular weight is 259 g/mol. The summed E-state index contributed by atoms with van der Waals surface area (Å²) >= 11 is 1.36. The van der Waals surface area contributed by atoms with Crippen LogP contribution in [0.15, 0.2) is 23.1 Å². The lowest BCUT2D eigenvalue weighted by Crippen LogP contribution is -2.36. The Bertz CT molecular complexity index is 361. The molecule has 0 saturated heterocycles. The molecule has 96 valence electrons. The summed E-state index contributed by atoms with van der Waals surface area (Å²) in [6.45, 7) is 7.19. The van der Waals surface area contributed by atoms with Crippen molar-refractivity contribution in [1.82, 2.24) is 5.32 Å². The number of hydrogen-bond donors (Lipinski definition) is 1. The summed E-state index contributed by atoms with van der Waals surface area (Å²) in [5.74, 6) is 0.0468. The Morgan fingerprint density at radius 2 is 1.94 bits per heavy atom. The topological polar surface area (TPSA) is 12.0 Å². The molecular formula is C13H19F2NS. The van der Waals surface area contributed by atoms with E-state index < -0.39 is 0 Å². The van der Waals surface area contributed by atoms with Crippen molar-refractivity contribution in [3.05, 3.63) is 29.8 Å². The van der Waals surface area contributed by atoms with E-state index in [0.29, 0.717) is 4.90 Å². The SMILES string of the molecule is CC(C)(C)NCCCSc1cc(F)ccc1F. The van der Waals surface area contributed by atoms with E-state index in [4.69, 9.17) is 0 Å². The first-order valence-corrected chi connectivity index (χ1v) is 6.70. The van der Waals surface area contributed by atoms with Gasteiger partial charge in [0.1, 0.15) is 11.6 Å². The van der Waals surface area contributed by atoms with E-state index in [1.807, 2.05) is 0 Å². The van der Waals surface area contributed by atoms with Crippen molar-refractivity contribution < 1.29 is 8.78 Å². The molecule has 4 heteroatoms. The zero-order valence-electron chi connectivity index (χ0n) is 10.5. The summed E-state index contributed by atoms with van der Waals surface area (Å²) in [4.78, 5) is 0.390. The van der Waals surface area contributed by atoms with Crippen molar-refractivity contribution in [1.29, 1.82) is 0 Å². The smallest absolute Gasteiger partial charge is 0.136 e. The van der Waals surface area contributed by atoms with Crippen LogP contribution in [0.4, 0.5) is 8.78 Å². The first-order valence-electron chi connectivity index (χ1n) is 5.71. The van der Waals surface area contributed by atoms with Crippen LogP contribution in [0.1, 0.15) is 27.2 Å². The van der Waals surface area contributed by atoms with Gasteiger partial charge in [0.2, 0.25) is 0 Å². The predicted octanol–water partition coefficient (Wildman–Crippen LogP) is 3.84. The number of rotatable bonds is 5. The molecule has 0 radical (unpaired) electrons. The molecule has 0 heterocycles. The predicted molar refractivity (Wildman–Crippen MR) is 69.5 cm³/mol. The van der Waals surface area contributed by atoms with Gasteiger partial charge in [-0.2, -0.15) is 0 Å². The minimum absolute atomic E-state index is 0.106. The number of hydrogen-bond acceptors (Lipinski definition) is 2. The van der Waals surface area contributed by atoms with Gasteiger partial charge in [0.15, 0.2) is 0 Å². The third-order valence-electron chi connectivity index (χ3n) is 2.13. The van der Waals surface area contributed by atoms with Crippen molar-refractivity contribution in [2.45, 2.75) is 37.6 Å². The fourth-order valence-electron chi connectivity index (χ4n) is 1.31. The molecule has 1 N–H and O–H groups in total. The monoisotopic (exact) mass is 259 g/mol. The molecule has 1 aromatic rings. The summed E-state index contributed by atoms with van der Waals surface area (Å²) < 4.78 is 26.2. The Morgan fingerprint density at radius 1 is 1.24 bits per heavy atom. The number of benzene rings is 1. The van der Waals surface area contributed by atoms with Crippen molar-refractivity contribution in [3.63, 3.8) is 0 Å². The maximum atomic E-state index is 13.3. The molecule has 1 rings (SSSR count). The Kier molecular flexibility index (Phi) is 5.40. The fourth-order valence-corrected chi connectivity index (χ4v) is 2.22. The van der Waals surface area contributed by atoms with Crippen molar-refractivity contribution >= 4 is 11.8 Å². The van der Waals surface area contributed by atoms with Crippen molar-refractivity contribution in [2.75, 3.05) is 12.3 Å². The molecule has 0 aliphatic carbocycles. The largest absolute Gasteiger partial charge is 0.312 e. The van der Waals surface area contributed by atoms with Crippen LogP contribution in [-0.2, 0) is 0 Å². The van der Waals surface area contributed by atoms with E-state index in [2.05, 4.69) is 26.1 Å². The zero-order chi connectivity index (χ0) is 12.9. The van der Waals surface area contributed by atoms with Crippen LogP contribution < -0.4 is 5.32 Å². The van der Waals surface area contributed by atoms with E-state index >= 15 is 0 Å². The highest BCUT2D eigenvalue weighted by molar-refractivity contribution is 7.99. The molecule has 0 aliphatic heterocycles. The average Bonchev–Trinajstić information content (AvgIpc) is 2.21. The molecule has 0 amide bonds. The molecule has 0 saturated carbocycles. The first kappa shape index (κ1) is 14.5. The van der Waals surface area contributed by atoms with E-state index in [0.717, 1.165) is 24.8 Å². The highest BCUT2D eigenvalue weighted by Gasteiger charge is 2.08. The van der Waals surface area contributed by atoms with Crippen molar-refractivity contribution in [3.8, 4) is 0 Å². The van der Waals surface area contributed by atoms with Gasteiger partial charge < -0.3 is 5.32 Å². The second-order valence-corrected chi connectivity index (χ2v) is 6.09. The number of halogens is 2. The van der Waals surface area contributed by atoms with Gasteiger partial charge in [-0.1, -0.05) is 0 Å². The van der Waals surface area contributed by atoms with Gasteiger partial charge in [-0.3, -0.25) is 0 Å². The molecule has 1 aromatic carbocycles. The summed E-state index contributed by atoms with van der Waals surface area (Å²) in [5.41, 5.74) is 0.106. The van der Waals surface area contributed by atoms with Crippen molar-refractivity contribution in [2.24, 2.45) is 0 Å². The first-order chi connectivity index (χ1) is 7.88. The van der Waals surface area contributed by atoms with Gasteiger partial charge in [0, 0.05) is 10.4 Å². The van der Waals surface area contributed by atoms with E-state index in [9.17, 15) is 8.78 Å². The maximum absolute atomic E-state index is 13.3. The number of thioether (sulfide) groups is 1. The second kappa shape index (κ2) is 6.36. The van der Waals surface area contributed by atoms with Crippen LogP contribution in [0.2, 0.25) is 0 Å². The van der Waals surface area contributed by atoms with Crippen LogP contribution in [0.5, 0.6) is 0 Å². The molecule has 0 unspecified atom stereocenters. The molecule has 0 atom stereocenters. The second-order valence-electron chi connectivity index (χ2n) is 4.95. The van der Waals surface area contributed by atoms with Crippen LogP contribution in [0.25, 0.3) is 0 Å². The zero-order valence-corrected chi connectivity index (χ0v) is 11.3. The third-order valence-corrected chi connectivity index (χ3v) is 3.24. The normalized spacial score (nSPS) is 11.8. The fraction of sp³-hybridized carbons (Fsp3) is 0.538. The molecule has 0 aliphatic rings. The third kappa shape index (κ3) is 6.03. The summed E-state index contributed by atoms with van der Waals surface area (Å²) in [7, 11) is 0. The highest BCUT2D eigenvalue weighted by Crippen LogP contribution is 2.23. The molecule has 0 aromatic heterocycles. The molecule has 0 fully saturated rings. The Hall–Kier alpha value is -0.610. The number of nitrogens with one attached hydrogen (secondary N) is 1. The quantitative estimate of drug-likeness (QED) is 0.637. The molecular weight excluding hydrogens is 240 g/mol. The molecule has 17 heavy (non-hydrogen) atoms. The van der Waals surface area contributed by atoms with Crippen LogP contribution in [0, 0.1) is 11.6 Å². The molecule has 1 nitrogen and oxygen atoms in total. The highest BCUT2D eigenvalue weighted by atomic mass is 32.2. The van der Waals surface area contributed by atoms with E-state index in [1.165, 1.54) is 23.9 Å². The lowest BCUT2D eigenvalue weighted by atomic mass is 10.1. The Labute approximate surface area is 106 Å². The summed E-state index contributed by atoms with van der Waals surface area (Å²) in [6, 6.07) is 3.56. The minimum atomic E-state index is -0.387. The van der Waals surface area contributed by atoms with E-state index in [1.54, 1.807) is 0 Å². The van der Waals surface area contributed by atoms with Gasteiger partial charge in [0.25, 0.3) is 0 Å². The molecule has 0 bridgehead atoms. The lowest BCUT2D eigenvalue weighted by Gasteiger charge is -2.20. The van der Waals surface area contributed by atoms with Gasteiger partial charge in [-0.05, 0) is 57.7 Å². The van der Waals surface area contributed by atoms with Crippen LogP contribution >= 0.6 is 11.8 Å². The van der Waals surface area contributed by atoms with E-state index in [-0.39, 0.29) is 17.2 Å². The minimum Gasteiger partial charge on any atom is -0.312 e. The summed E-state index contributed by atoms with van der Waals surface area (Å²) in [5, 5.41) is 3.35.